The Morgan fingerprint density at radius 1 is 1.17 bits per heavy atom. The first-order chi connectivity index (χ1) is 14.1. The van der Waals surface area contributed by atoms with E-state index in [2.05, 4.69) is 15.3 Å². The first kappa shape index (κ1) is 18.9. The monoisotopic (exact) mass is 424 g/mol. The fourth-order valence-electron chi connectivity index (χ4n) is 2.46. The summed E-state index contributed by atoms with van der Waals surface area (Å²) in [7, 11) is 0. The molecule has 2 aromatic carbocycles. The molecule has 4 aromatic rings. The van der Waals surface area contributed by atoms with E-state index in [-0.39, 0.29) is 5.56 Å². The molecule has 2 aromatic heterocycles. The lowest BCUT2D eigenvalue weighted by molar-refractivity contribution is 0.0734. The first-order valence-electron chi connectivity index (χ1n) is 8.43. The van der Waals surface area contributed by atoms with E-state index in [0.717, 1.165) is 10.4 Å². The normalized spacial score (nSPS) is 11.1. The minimum Gasteiger partial charge on any atom is -0.423 e. The largest absolute Gasteiger partial charge is 0.423 e. The molecule has 0 aliphatic rings. The van der Waals surface area contributed by atoms with Crippen LogP contribution >= 0.6 is 23.6 Å². The van der Waals surface area contributed by atoms with Crippen molar-refractivity contribution >= 4 is 35.7 Å². The van der Waals surface area contributed by atoms with Gasteiger partial charge in [-0.05, 0) is 77.8 Å². The van der Waals surface area contributed by atoms with Crippen molar-refractivity contribution in [1.29, 1.82) is 0 Å². The highest BCUT2D eigenvalue weighted by atomic mass is 32.1. The minimum absolute atomic E-state index is 0.271. The highest BCUT2D eigenvalue weighted by Gasteiger charge is 2.10. The lowest BCUT2D eigenvalue weighted by atomic mass is 10.2. The summed E-state index contributed by atoms with van der Waals surface area (Å²) in [5.74, 6) is 0.0311. The molecule has 9 heteroatoms. The Morgan fingerprint density at radius 2 is 1.93 bits per heavy atom. The zero-order valence-electron chi connectivity index (χ0n) is 14.8. The van der Waals surface area contributed by atoms with Crippen LogP contribution in [0, 0.1) is 10.6 Å². The van der Waals surface area contributed by atoms with Gasteiger partial charge in [-0.25, -0.2) is 14.3 Å². The maximum Gasteiger partial charge on any atom is 0.343 e. The third kappa shape index (κ3) is 4.36. The maximum absolute atomic E-state index is 12.9. The Kier molecular flexibility index (Phi) is 5.41. The van der Waals surface area contributed by atoms with Gasteiger partial charge >= 0.3 is 5.97 Å². The number of halogens is 1. The molecule has 0 amide bonds. The SMILES string of the molecule is O=C(Oc1ccc(/C=N\n2c(-c3cccs3)n[nH]c2=S)cc1)c1ccc(F)cc1. The van der Waals surface area contributed by atoms with Crippen molar-refractivity contribution in [1.82, 2.24) is 14.9 Å². The van der Waals surface area contributed by atoms with Crippen molar-refractivity contribution in [3.8, 4) is 16.5 Å². The lowest BCUT2D eigenvalue weighted by Gasteiger charge is -2.04. The van der Waals surface area contributed by atoms with Gasteiger partial charge in [0.05, 0.1) is 16.7 Å². The highest BCUT2D eigenvalue weighted by Crippen LogP contribution is 2.22. The Morgan fingerprint density at radius 3 is 2.62 bits per heavy atom. The van der Waals surface area contributed by atoms with Crippen LogP contribution in [0.25, 0.3) is 10.7 Å². The van der Waals surface area contributed by atoms with Crippen molar-refractivity contribution in [2.75, 3.05) is 0 Å². The van der Waals surface area contributed by atoms with Gasteiger partial charge in [0, 0.05) is 0 Å². The maximum atomic E-state index is 12.9. The number of ether oxygens (including phenoxy) is 1. The number of rotatable bonds is 5. The summed E-state index contributed by atoms with van der Waals surface area (Å²) in [5, 5.41) is 13.3. The van der Waals surface area contributed by atoms with Crippen LogP contribution in [0.2, 0.25) is 0 Å². The number of nitrogens with one attached hydrogen (secondary N) is 1. The van der Waals surface area contributed by atoms with Gasteiger partial charge in [0.25, 0.3) is 0 Å². The molecule has 0 saturated heterocycles. The third-order valence-electron chi connectivity index (χ3n) is 3.88. The van der Waals surface area contributed by atoms with Crippen LogP contribution in [0.3, 0.4) is 0 Å². The van der Waals surface area contributed by atoms with E-state index in [4.69, 9.17) is 17.0 Å². The van der Waals surface area contributed by atoms with Gasteiger partial charge in [-0.15, -0.1) is 11.3 Å². The van der Waals surface area contributed by atoms with Gasteiger partial charge in [0.2, 0.25) is 4.77 Å². The molecular weight excluding hydrogens is 411 g/mol. The smallest absolute Gasteiger partial charge is 0.343 e. The fraction of sp³-hybridized carbons (Fsp3) is 0. The number of nitrogens with zero attached hydrogens (tertiary/aromatic N) is 3. The van der Waals surface area contributed by atoms with Crippen LogP contribution in [0.5, 0.6) is 5.75 Å². The number of aromatic amines is 1. The summed E-state index contributed by atoms with van der Waals surface area (Å²) >= 11 is 6.78. The molecule has 0 aliphatic heterocycles. The van der Waals surface area contributed by atoms with E-state index < -0.39 is 11.8 Å². The van der Waals surface area contributed by atoms with E-state index in [0.29, 0.717) is 16.3 Å². The zero-order valence-corrected chi connectivity index (χ0v) is 16.4. The molecule has 144 valence electrons. The highest BCUT2D eigenvalue weighted by molar-refractivity contribution is 7.71. The van der Waals surface area contributed by atoms with E-state index in [9.17, 15) is 9.18 Å². The summed E-state index contributed by atoms with van der Waals surface area (Å²) in [5.41, 5.74) is 1.05. The molecule has 0 fully saturated rings. The molecule has 0 aliphatic carbocycles. The third-order valence-corrected chi connectivity index (χ3v) is 5.01. The Balaban J connectivity index is 1.48. The topological polar surface area (TPSA) is 72.3 Å². The number of carbonyl (C=O) groups excluding carboxylic acids is 1. The molecule has 6 nitrogen and oxygen atoms in total. The van der Waals surface area contributed by atoms with Crippen LogP contribution in [0.15, 0.2) is 71.1 Å². The molecule has 0 atom stereocenters. The van der Waals surface area contributed by atoms with Crippen molar-refractivity contribution < 1.29 is 13.9 Å². The molecule has 0 unspecified atom stereocenters. The van der Waals surface area contributed by atoms with Crippen LogP contribution in [-0.4, -0.2) is 27.1 Å². The molecule has 4 rings (SSSR count). The van der Waals surface area contributed by atoms with Crippen molar-refractivity contribution in [3.63, 3.8) is 0 Å². The average molecular weight is 424 g/mol. The summed E-state index contributed by atoms with van der Waals surface area (Å²) in [6.07, 6.45) is 1.63. The van der Waals surface area contributed by atoms with Crippen LogP contribution in [0.4, 0.5) is 4.39 Å². The Hall–Kier alpha value is -3.43. The van der Waals surface area contributed by atoms with Crippen molar-refractivity contribution in [2.24, 2.45) is 5.10 Å². The molecule has 1 N–H and O–H groups in total. The number of thiophene rings is 1. The lowest BCUT2D eigenvalue weighted by Crippen LogP contribution is -2.08. The average Bonchev–Trinajstić information content (AvgIpc) is 3.38. The van der Waals surface area contributed by atoms with Crippen LogP contribution < -0.4 is 4.74 Å². The fourth-order valence-corrected chi connectivity index (χ4v) is 3.34. The Labute approximate surface area is 173 Å². The van der Waals surface area contributed by atoms with E-state index in [1.54, 1.807) is 35.2 Å². The quantitative estimate of drug-likeness (QED) is 0.214. The van der Waals surface area contributed by atoms with Gasteiger partial charge in [0.1, 0.15) is 11.6 Å². The number of benzene rings is 2. The van der Waals surface area contributed by atoms with E-state index in [1.807, 2.05) is 17.5 Å². The van der Waals surface area contributed by atoms with Gasteiger partial charge in [-0.1, -0.05) is 6.07 Å². The van der Waals surface area contributed by atoms with Gasteiger partial charge in [0.15, 0.2) is 5.82 Å². The molecule has 29 heavy (non-hydrogen) atoms. The first-order valence-corrected chi connectivity index (χ1v) is 9.72. The summed E-state index contributed by atoms with van der Waals surface area (Å²) < 4.78 is 20.2. The van der Waals surface area contributed by atoms with Gasteiger partial charge in [-0.3, -0.25) is 0 Å². The molecular formula is C20H13FN4O2S2. The second kappa shape index (κ2) is 8.29. The second-order valence-corrected chi connectivity index (χ2v) is 7.19. The number of carbonyl (C=O) groups is 1. The van der Waals surface area contributed by atoms with Gasteiger partial charge < -0.3 is 4.74 Å². The zero-order chi connectivity index (χ0) is 20.2. The molecule has 0 saturated carbocycles. The van der Waals surface area contributed by atoms with E-state index in [1.165, 1.54) is 35.6 Å². The standard InChI is InChI=1S/C20H13FN4O2S2/c21-15-7-5-14(6-8-15)19(26)27-16-9-3-13(4-10-16)12-22-25-18(23-24-20(25)28)17-2-1-11-29-17/h1-12H,(H,24,28)/b22-12-. The Bertz CT molecular complexity index is 1210. The number of aromatic nitrogens is 3. The van der Waals surface area contributed by atoms with Crippen molar-refractivity contribution in [2.45, 2.75) is 0 Å². The summed E-state index contributed by atoms with van der Waals surface area (Å²) in [6, 6.07) is 15.8. The minimum atomic E-state index is -0.559. The predicted octanol–water partition coefficient (Wildman–Crippen LogP) is 4.91. The molecule has 0 radical (unpaired) electrons. The predicted molar refractivity (Wildman–Crippen MR) is 112 cm³/mol. The number of H-pyrrole nitrogens is 1. The summed E-state index contributed by atoms with van der Waals surface area (Å²) in [6.45, 7) is 0. The van der Waals surface area contributed by atoms with Crippen LogP contribution in [-0.2, 0) is 0 Å². The van der Waals surface area contributed by atoms with Crippen LogP contribution in [0.1, 0.15) is 15.9 Å². The van der Waals surface area contributed by atoms with Gasteiger partial charge in [-0.2, -0.15) is 14.9 Å². The molecule has 0 spiro atoms. The number of hydrogen-bond acceptors (Lipinski definition) is 6. The number of hydrogen-bond donors (Lipinski definition) is 1. The number of esters is 1. The summed E-state index contributed by atoms with van der Waals surface area (Å²) in [4.78, 5) is 13.0. The molecule has 0 bridgehead atoms. The van der Waals surface area contributed by atoms with Crippen molar-refractivity contribution in [3.05, 3.63) is 87.8 Å². The second-order valence-electron chi connectivity index (χ2n) is 5.85. The molecule has 2 heterocycles. The van der Waals surface area contributed by atoms with E-state index >= 15 is 0 Å².